The third kappa shape index (κ3) is 2.36. The number of carbonyl (C=O) groups excluding carboxylic acids is 1. The molecule has 0 radical (unpaired) electrons. The highest BCUT2D eigenvalue weighted by atomic mass is 127. The van der Waals surface area contributed by atoms with Crippen molar-refractivity contribution in [2.75, 3.05) is 13.1 Å². The highest BCUT2D eigenvalue weighted by Crippen LogP contribution is 2.34. The Morgan fingerprint density at radius 3 is 2.50 bits per heavy atom. The van der Waals surface area contributed by atoms with Gasteiger partial charge < -0.3 is 10.6 Å². The van der Waals surface area contributed by atoms with E-state index in [1.54, 1.807) is 0 Å². The zero-order valence-electron chi connectivity index (χ0n) is 9.90. The molecule has 1 amide bonds. The number of nitrogens with zero attached hydrogens (tertiary/aromatic N) is 2. The lowest BCUT2D eigenvalue weighted by molar-refractivity contribution is -0.151. The van der Waals surface area contributed by atoms with Crippen molar-refractivity contribution in [2.24, 2.45) is 11.7 Å². The van der Waals surface area contributed by atoms with Gasteiger partial charge in [-0.2, -0.15) is 0 Å². The van der Waals surface area contributed by atoms with Crippen LogP contribution >= 0.6 is 22.9 Å². The van der Waals surface area contributed by atoms with Crippen LogP contribution in [0.25, 0.3) is 0 Å². The second-order valence-electron chi connectivity index (χ2n) is 5.35. The summed E-state index contributed by atoms with van der Waals surface area (Å²) in [6, 6.07) is 0.536. The Hall–Kier alpha value is 0.120. The number of amides is 1. The summed E-state index contributed by atoms with van der Waals surface area (Å²) in [5, 5.41) is 0. The maximum atomic E-state index is 12.2. The predicted octanol–water partition coefficient (Wildman–Crippen LogP) is 0.995. The van der Waals surface area contributed by atoms with Crippen molar-refractivity contribution >= 4 is 28.8 Å². The molecule has 3 rings (SSSR count). The molecule has 3 aliphatic rings. The Bertz CT molecular complexity index is 272. The molecule has 3 unspecified atom stereocenters. The maximum absolute atomic E-state index is 12.2. The Morgan fingerprint density at radius 2 is 2.00 bits per heavy atom. The topological polar surface area (TPSA) is 49.6 Å². The van der Waals surface area contributed by atoms with E-state index in [0.29, 0.717) is 18.0 Å². The minimum Gasteiger partial charge on any atom is -0.333 e. The van der Waals surface area contributed by atoms with Gasteiger partial charge in [-0.15, -0.1) is 0 Å². The minimum atomic E-state index is -0.300. The molecule has 0 saturated carbocycles. The van der Waals surface area contributed by atoms with Crippen molar-refractivity contribution in [1.82, 2.24) is 8.01 Å². The van der Waals surface area contributed by atoms with Crippen LogP contribution in [0, 0.1) is 5.92 Å². The van der Waals surface area contributed by atoms with Crippen LogP contribution in [0.2, 0.25) is 0 Å². The Kier molecular flexibility index (Phi) is 3.75. The molecule has 3 fully saturated rings. The van der Waals surface area contributed by atoms with Crippen molar-refractivity contribution < 1.29 is 4.79 Å². The molecule has 2 N–H and O–H groups in total. The molecule has 5 heteroatoms. The van der Waals surface area contributed by atoms with Gasteiger partial charge in [-0.3, -0.25) is 4.79 Å². The molecule has 3 saturated heterocycles. The molecule has 4 nitrogen and oxygen atoms in total. The zero-order valence-corrected chi connectivity index (χ0v) is 12.1. The van der Waals surface area contributed by atoms with Gasteiger partial charge in [0.25, 0.3) is 0 Å². The highest BCUT2D eigenvalue weighted by Gasteiger charge is 2.47. The zero-order chi connectivity index (χ0) is 11.9. The molecular weight excluding hydrogens is 317 g/mol. The van der Waals surface area contributed by atoms with Crippen LogP contribution in [0.3, 0.4) is 0 Å². The van der Waals surface area contributed by atoms with Crippen LogP contribution in [0.1, 0.15) is 26.7 Å². The number of fused-ring (bicyclic) bond motifs is 2. The first kappa shape index (κ1) is 12.6. The second-order valence-corrected chi connectivity index (χ2v) is 6.72. The van der Waals surface area contributed by atoms with E-state index in [4.69, 9.17) is 5.73 Å². The van der Waals surface area contributed by atoms with Gasteiger partial charge in [0.15, 0.2) is 0 Å². The van der Waals surface area contributed by atoms with Crippen molar-refractivity contribution in [3.8, 4) is 0 Å². The average molecular weight is 337 g/mol. The van der Waals surface area contributed by atoms with Crippen LogP contribution in [-0.2, 0) is 4.79 Å². The average Bonchev–Trinajstić information content (AvgIpc) is 2.15. The smallest absolute Gasteiger partial charge is 0.240 e. The van der Waals surface area contributed by atoms with Crippen molar-refractivity contribution in [3.05, 3.63) is 0 Å². The van der Waals surface area contributed by atoms with E-state index in [2.05, 4.69) is 39.8 Å². The highest BCUT2D eigenvalue weighted by molar-refractivity contribution is 14.1. The molecule has 2 bridgehead atoms. The van der Waals surface area contributed by atoms with E-state index in [-0.39, 0.29) is 11.9 Å². The summed E-state index contributed by atoms with van der Waals surface area (Å²) in [5.74, 6) is 0.653. The van der Waals surface area contributed by atoms with Crippen molar-refractivity contribution in [3.63, 3.8) is 0 Å². The standard InChI is InChI=1S/C11H20IN3O/c1-7(2)3-10(13)11(16)15-8-4-9(15)6-14(12)5-8/h7-10H,3-6,13H2,1-2H3. The third-order valence-corrected chi connectivity index (χ3v) is 4.23. The van der Waals surface area contributed by atoms with E-state index < -0.39 is 0 Å². The summed E-state index contributed by atoms with van der Waals surface area (Å²) < 4.78 is 2.27. The molecule has 0 aliphatic carbocycles. The van der Waals surface area contributed by atoms with Gasteiger partial charge in [0.2, 0.25) is 5.91 Å². The van der Waals surface area contributed by atoms with Crippen molar-refractivity contribution in [2.45, 2.75) is 44.8 Å². The van der Waals surface area contributed by atoms with E-state index in [1.165, 1.54) is 6.42 Å². The number of piperazine rings is 1. The SMILES string of the molecule is CC(C)CC(N)C(=O)N1C2CC1CN(I)C2. The Balaban J connectivity index is 1.92. The van der Waals surface area contributed by atoms with Gasteiger partial charge in [-0.1, -0.05) is 13.8 Å². The number of rotatable bonds is 3. The first-order chi connectivity index (χ1) is 7.49. The Morgan fingerprint density at radius 1 is 1.44 bits per heavy atom. The van der Waals surface area contributed by atoms with E-state index in [0.717, 1.165) is 19.5 Å². The number of piperidine rings is 1. The van der Waals surface area contributed by atoms with Gasteiger partial charge in [-0.05, 0) is 18.8 Å². The lowest BCUT2D eigenvalue weighted by atomic mass is 9.87. The summed E-state index contributed by atoms with van der Waals surface area (Å²) in [4.78, 5) is 14.2. The van der Waals surface area contributed by atoms with E-state index in [9.17, 15) is 4.79 Å². The molecule has 0 aromatic carbocycles. The summed E-state index contributed by atoms with van der Waals surface area (Å²) in [7, 11) is 0. The fraction of sp³-hybridized carbons (Fsp3) is 0.909. The van der Waals surface area contributed by atoms with Crippen LogP contribution in [0.15, 0.2) is 0 Å². The number of halogens is 1. The lowest BCUT2D eigenvalue weighted by Crippen LogP contribution is -2.70. The summed E-state index contributed by atoms with van der Waals surface area (Å²) >= 11 is 2.34. The van der Waals surface area contributed by atoms with Gasteiger partial charge in [-0.25, -0.2) is 3.11 Å². The van der Waals surface area contributed by atoms with Gasteiger partial charge in [0, 0.05) is 48.0 Å². The first-order valence-corrected chi connectivity index (χ1v) is 6.94. The summed E-state index contributed by atoms with van der Waals surface area (Å²) in [5.41, 5.74) is 5.96. The molecule has 16 heavy (non-hydrogen) atoms. The number of nitrogens with two attached hydrogens (primary N) is 1. The summed E-state index contributed by atoms with van der Waals surface area (Å²) in [6.45, 7) is 6.21. The van der Waals surface area contributed by atoms with Crippen LogP contribution < -0.4 is 5.73 Å². The molecule has 3 atom stereocenters. The monoisotopic (exact) mass is 337 g/mol. The molecular formula is C11H20IN3O. The molecule has 0 spiro atoms. The minimum absolute atomic E-state index is 0.166. The molecule has 3 heterocycles. The molecule has 92 valence electrons. The predicted molar refractivity (Wildman–Crippen MR) is 72.1 cm³/mol. The third-order valence-electron chi connectivity index (χ3n) is 3.45. The second kappa shape index (κ2) is 4.78. The molecule has 3 aliphatic heterocycles. The van der Waals surface area contributed by atoms with E-state index in [1.807, 2.05) is 4.90 Å². The fourth-order valence-corrected chi connectivity index (χ4v) is 3.63. The van der Waals surface area contributed by atoms with E-state index >= 15 is 0 Å². The lowest BCUT2D eigenvalue weighted by Gasteiger charge is -2.55. The number of carbonyl (C=O) groups is 1. The quantitative estimate of drug-likeness (QED) is 0.617. The normalized spacial score (nSPS) is 31.4. The Labute approximate surface area is 111 Å². The molecule has 0 aromatic heterocycles. The van der Waals surface area contributed by atoms with Crippen LogP contribution in [0.5, 0.6) is 0 Å². The van der Waals surface area contributed by atoms with Gasteiger partial charge in [0.1, 0.15) is 0 Å². The largest absolute Gasteiger partial charge is 0.333 e. The first-order valence-electron chi connectivity index (χ1n) is 5.97. The maximum Gasteiger partial charge on any atom is 0.240 e. The molecule has 0 aromatic rings. The number of hydrogen-bond acceptors (Lipinski definition) is 3. The number of hydrogen-bond donors (Lipinski definition) is 1. The van der Waals surface area contributed by atoms with Gasteiger partial charge >= 0.3 is 0 Å². The van der Waals surface area contributed by atoms with Crippen LogP contribution in [0.4, 0.5) is 0 Å². The van der Waals surface area contributed by atoms with Gasteiger partial charge in [0.05, 0.1) is 6.04 Å². The fourth-order valence-electron chi connectivity index (χ4n) is 2.72. The summed E-state index contributed by atoms with van der Waals surface area (Å²) in [6.07, 6.45) is 1.96. The van der Waals surface area contributed by atoms with Crippen molar-refractivity contribution in [1.29, 1.82) is 0 Å². The van der Waals surface area contributed by atoms with Crippen LogP contribution in [-0.4, -0.2) is 45.1 Å².